The molecule has 180 valence electrons. The summed E-state index contributed by atoms with van der Waals surface area (Å²) >= 11 is 0.834. The van der Waals surface area contributed by atoms with Gasteiger partial charge < -0.3 is 20.2 Å². The van der Waals surface area contributed by atoms with Crippen LogP contribution in [0.2, 0.25) is 0 Å². The molecule has 0 aliphatic carbocycles. The fraction of sp³-hybridized carbons (Fsp3) is 0.238. The Kier molecular flexibility index (Phi) is 5.72. The first-order valence-electron chi connectivity index (χ1n) is 9.54. The molecule has 3 heterocycles. The number of ketones is 1. The lowest BCUT2D eigenvalue weighted by molar-refractivity contribution is -0.287. The molecule has 1 saturated heterocycles. The van der Waals surface area contributed by atoms with Crippen molar-refractivity contribution >= 4 is 23.2 Å². The molecule has 3 atom stereocenters. The maximum absolute atomic E-state index is 13.9. The second-order valence-electron chi connectivity index (χ2n) is 7.44. The molecule has 2 aromatic heterocycles. The van der Waals surface area contributed by atoms with Gasteiger partial charge in [-0.15, -0.1) is 11.3 Å². The molecular weight excluding hydrogens is 490 g/mol. The number of hydrogen-bond donors (Lipinski definition) is 3. The van der Waals surface area contributed by atoms with E-state index < -0.39 is 47.4 Å². The largest absolute Gasteiger partial charge is 0.459 e. The summed E-state index contributed by atoms with van der Waals surface area (Å²) in [6.07, 6.45) is -10.1. The molecule has 3 N–H and O–H groups in total. The normalized spacial score (nSPS) is 23.3. The zero-order valence-electron chi connectivity index (χ0n) is 16.7. The highest BCUT2D eigenvalue weighted by Gasteiger charge is 2.67. The summed E-state index contributed by atoms with van der Waals surface area (Å²) in [6, 6.07) is 5.82. The Morgan fingerprint density at radius 3 is 2.41 bits per heavy atom. The van der Waals surface area contributed by atoms with Gasteiger partial charge in [-0.05, 0) is 35.7 Å². The Morgan fingerprint density at radius 1 is 1.06 bits per heavy atom. The second kappa shape index (κ2) is 8.17. The number of urea groups is 1. The van der Waals surface area contributed by atoms with Crippen LogP contribution in [0.4, 0.5) is 31.1 Å². The van der Waals surface area contributed by atoms with Crippen molar-refractivity contribution in [2.24, 2.45) is 5.92 Å². The zero-order chi connectivity index (χ0) is 24.9. The minimum absolute atomic E-state index is 0.0337. The molecule has 0 radical (unpaired) electrons. The predicted octanol–water partition coefficient (Wildman–Crippen LogP) is 5.13. The first kappa shape index (κ1) is 23.8. The van der Waals surface area contributed by atoms with E-state index in [4.69, 9.17) is 4.42 Å². The number of Topliss-reactive ketones (excluding diaryl/α,β-unsaturated/α-hetero) is 1. The third-order valence-electron chi connectivity index (χ3n) is 5.26. The summed E-state index contributed by atoms with van der Waals surface area (Å²) in [4.78, 5) is 25.0. The number of nitrogens with one attached hydrogen (secondary N) is 2. The number of benzene rings is 1. The van der Waals surface area contributed by atoms with Gasteiger partial charge in [0.05, 0.1) is 10.4 Å². The van der Waals surface area contributed by atoms with E-state index in [0.29, 0.717) is 0 Å². The van der Waals surface area contributed by atoms with E-state index in [0.717, 1.165) is 35.6 Å². The van der Waals surface area contributed by atoms with E-state index in [9.17, 15) is 41.0 Å². The van der Waals surface area contributed by atoms with Gasteiger partial charge in [-0.25, -0.2) is 4.79 Å². The molecule has 34 heavy (non-hydrogen) atoms. The number of halogens is 6. The first-order chi connectivity index (χ1) is 15.8. The van der Waals surface area contributed by atoms with E-state index in [2.05, 4.69) is 5.32 Å². The minimum Gasteiger partial charge on any atom is -0.459 e. The molecule has 0 unspecified atom stereocenters. The monoisotopic (exact) mass is 504 g/mol. The number of carbonyl (C=O) groups is 2. The van der Waals surface area contributed by atoms with E-state index in [-0.39, 0.29) is 22.0 Å². The molecule has 1 fully saturated rings. The van der Waals surface area contributed by atoms with Gasteiger partial charge in [-0.2, -0.15) is 26.3 Å². The summed E-state index contributed by atoms with van der Waals surface area (Å²) in [5.41, 5.74) is -4.95. The number of amides is 2. The van der Waals surface area contributed by atoms with Crippen LogP contribution in [0, 0.1) is 5.92 Å². The molecule has 0 spiro atoms. The lowest BCUT2D eigenvalue weighted by Gasteiger charge is -2.44. The summed E-state index contributed by atoms with van der Waals surface area (Å²) in [6.45, 7) is 0. The van der Waals surface area contributed by atoms with Gasteiger partial charge >= 0.3 is 18.4 Å². The fourth-order valence-corrected chi connectivity index (χ4v) is 4.38. The van der Waals surface area contributed by atoms with Crippen molar-refractivity contribution < 1.29 is 45.5 Å². The molecule has 0 saturated carbocycles. The van der Waals surface area contributed by atoms with E-state index in [1.54, 1.807) is 0 Å². The summed E-state index contributed by atoms with van der Waals surface area (Å²) in [5.74, 6) is -3.93. The predicted molar refractivity (Wildman–Crippen MR) is 107 cm³/mol. The van der Waals surface area contributed by atoms with Crippen molar-refractivity contribution in [2.45, 2.75) is 24.1 Å². The van der Waals surface area contributed by atoms with E-state index in [1.165, 1.54) is 35.0 Å². The van der Waals surface area contributed by atoms with Crippen molar-refractivity contribution in [3.8, 4) is 11.3 Å². The molecule has 4 rings (SSSR count). The van der Waals surface area contributed by atoms with Gasteiger partial charge in [-0.1, -0.05) is 18.2 Å². The quantitative estimate of drug-likeness (QED) is 0.339. The van der Waals surface area contributed by atoms with Gasteiger partial charge in [0.15, 0.2) is 5.78 Å². The number of alkyl halides is 6. The van der Waals surface area contributed by atoms with Crippen LogP contribution in [0.25, 0.3) is 11.3 Å². The minimum atomic E-state index is -5.45. The Bertz CT molecular complexity index is 1220. The van der Waals surface area contributed by atoms with Gasteiger partial charge in [0.2, 0.25) is 5.72 Å². The summed E-state index contributed by atoms with van der Waals surface area (Å²) in [7, 11) is 0. The van der Waals surface area contributed by atoms with Crippen LogP contribution in [-0.2, 0) is 6.18 Å². The highest BCUT2D eigenvalue weighted by Crippen LogP contribution is 2.45. The Labute approximate surface area is 191 Å². The molecular formula is C21H14F6N2O4S. The lowest BCUT2D eigenvalue weighted by Crippen LogP contribution is -2.72. The van der Waals surface area contributed by atoms with Gasteiger partial charge in [0.1, 0.15) is 23.5 Å². The van der Waals surface area contributed by atoms with Gasteiger partial charge in [0.25, 0.3) is 0 Å². The van der Waals surface area contributed by atoms with Crippen LogP contribution in [0.3, 0.4) is 0 Å². The molecule has 1 aromatic carbocycles. The number of furan rings is 1. The molecule has 2 amide bonds. The number of thiophene rings is 1. The Hall–Kier alpha value is -3.32. The second-order valence-corrected chi connectivity index (χ2v) is 8.39. The van der Waals surface area contributed by atoms with Crippen LogP contribution in [0.1, 0.15) is 27.0 Å². The SMILES string of the molecule is O=C1N[C@H](c2ccc(-c3cccc(C(F)(F)F)c3)o2)[C@H](C(=O)c2cccs2)[C@](O)(C(F)(F)F)N1. The number of carbonyl (C=O) groups excluding carboxylic acids is 2. The maximum atomic E-state index is 13.9. The third-order valence-corrected chi connectivity index (χ3v) is 6.14. The number of hydrogen-bond acceptors (Lipinski definition) is 5. The number of aliphatic hydroxyl groups is 1. The van der Waals surface area contributed by atoms with Crippen LogP contribution in [0.5, 0.6) is 0 Å². The molecule has 6 nitrogen and oxygen atoms in total. The highest BCUT2D eigenvalue weighted by molar-refractivity contribution is 7.12. The molecule has 1 aliphatic heterocycles. The summed E-state index contributed by atoms with van der Waals surface area (Å²) < 4.78 is 86.3. The van der Waals surface area contributed by atoms with E-state index >= 15 is 0 Å². The van der Waals surface area contributed by atoms with Gasteiger partial charge in [-0.3, -0.25) is 4.79 Å². The molecule has 13 heteroatoms. The highest BCUT2D eigenvalue weighted by atomic mass is 32.1. The smallest absolute Gasteiger partial charge is 0.437 e. The fourth-order valence-electron chi connectivity index (χ4n) is 3.67. The Morgan fingerprint density at radius 2 is 1.79 bits per heavy atom. The van der Waals surface area contributed by atoms with Crippen LogP contribution in [-0.4, -0.2) is 28.8 Å². The lowest BCUT2D eigenvalue weighted by atomic mass is 9.80. The van der Waals surface area contributed by atoms with Crippen molar-refractivity contribution in [3.63, 3.8) is 0 Å². The number of rotatable bonds is 4. The standard InChI is InChI=1S/C21H14F6N2O4S/c22-20(23,24)11-4-1-3-10(9-11)12-6-7-13(33-12)16-15(17(30)14-5-2-8-34-14)19(32,21(25,26)27)29-18(31)28-16/h1-9,15-16,32H,(H2,28,29,31)/t15-,16-,19+/m1/s1. The Balaban J connectivity index is 1.78. The summed E-state index contributed by atoms with van der Waals surface area (Å²) in [5, 5.41) is 15.5. The topological polar surface area (TPSA) is 91.6 Å². The van der Waals surface area contributed by atoms with Gasteiger partial charge in [0, 0.05) is 5.56 Å². The third kappa shape index (κ3) is 4.16. The molecule has 0 bridgehead atoms. The molecule has 1 aliphatic rings. The van der Waals surface area contributed by atoms with Crippen LogP contribution >= 0.6 is 11.3 Å². The average Bonchev–Trinajstić information content (AvgIpc) is 3.44. The zero-order valence-corrected chi connectivity index (χ0v) is 17.5. The van der Waals surface area contributed by atoms with Crippen molar-refractivity contribution in [2.75, 3.05) is 0 Å². The first-order valence-corrected chi connectivity index (χ1v) is 10.4. The average molecular weight is 504 g/mol. The van der Waals surface area contributed by atoms with Crippen LogP contribution < -0.4 is 10.6 Å². The molecule has 3 aromatic rings. The van der Waals surface area contributed by atoms with Crippen molar-refractivity contribution in [1.29, 1.82) is 0 Å². The maximum Gasteiger partial charge on any atom is 0.437 e. The van der Waals surface area contributed by atoms with Crippen LogP contribution in [0.15, 0.2) is 58.3 Å². The van der Waals surface area contributed by atoms with Crippen molar-refractivity contribution in [1.82, 2.24) is 10.6 Å². The van der Waals surface area contributed by atoms with Crippen molar-refractivity contribution in [3.05, 3.63) is 70.1 Å². The van der Waals surface area contributed by atoms with E-state index in [1.807, 2.05) is 0 Å².